The third-order valence-corrected chi connectivity index (χ3v) is 5.25. The van der Waals surface area contributed by atoms with Crippen LogP contribution in [-0.2, 0) is 4.79 Å². The lowest BCUT2D eigenvalue weighted by atomic mass is 10.0. The van der Waals surface area contributed by atoms with Crippen molar-refractivity contribution < 1.29 is 9.59 Å². The summed E-state index contributed by atoms with van der Waals surface area (Å²) in [4.78, 5) is 24.1. The van der Waals surface area contributed by atoms with Crippen molar-refractivity contribution >= 4 is 86.1 Å². The van der Waals surface area contributed by atoms with E-state index < -0.39 is 15.9 Å². The molecule has 1 unspecified atom stereocenters. The number of amides is 2. The largest absolute Gasteiger partial charge is 0.339 e. The maximum Gasteiger partial charge on any atom is 0.253 e. The minimum absolute atomic E-state index is 0.131. The number of hydrogen-bond donors (Lipinski definition) is 4. The lowest BCUT2D eigenvalue weighted by molar-refractivity contribution is -0.114. The van der Waals surface area contributed by atoms with E-state index in [9.17, 15) is 9.59 Å². The molecule has 2 amide bonds. The Bertz CT molecular complexity index is 1140. The first-order valence-corrected chi connectivity index (χ1v) is 11.0. The van der Waals surface area contributed by atoms with Gasteiger partial charge in [0.15, 0.2) is 5.11 Å². The summed E-state index contributed by atoms with van der Waals surface area (Å²) in [5, 5.41) is 13.0. The quantitative estimate of drug-likeness (QED) is 0.216. The molecule has 0 aliphatic carbocycles. The van der Waals surface area contributed by atoms with Crippen LogP contribution in [0.15, 0.2) is 66.7 Å². The van der Waals surface area contributed by atoms with E-state index in [4.69, 9.17) is 47.0 Å². The SMILES string of the molecule is CC(=O)Nc1ccc(NC(=S)NC(NC(=O)c2cccc3ccccc23)C(Cl)(Cl)Cl)cc1. The van der Waals surface area contributed by atoms with Gasteiger partial charge in [0.2, 0.25) is 9.70 Å². The lowest BCUT2D eigenvalue weighted by Gasteiger charge is -2.28. The first-order valence-electron chi connectivity index (χ1n) is 9.44. The highest BCUT2D eigenvalue weighted by atomic mass is 35.6. The van der Waals surface area contributed by atoms with Crippen LogP contribution < -0.4 is 21.3 Å². The molecule has 0 aliphatic rings. The maximum atomic E-state index is 13.0. The van der Waals surface area contributed by atoms with E-state index in [0.717, 1.165) is 10.8 Å². The third-order valence-electron chi connectivity index (χ3n) is 4.38. The predicted octanol–water partition coefficient (Wildman–Crippen LogP) is 5.21. The van der Waals surface area contributed by atoms with Gasteiger partial charge in [-0.1, -0.05) is 71.2 Å². The van der Waals surface area contributed by atoms with Crippen molar-refractivity contribution in [2.24, 2.45) is 0 Å². The second-order valence-electron chi connectivity index (χ2n) is 6.83. The van der Waals surface area contributed by atoms with Crippen LogP contribution in [0.5, 0.6) is 0 Å². The zero-order chi connectivity index (χ0) is 23.3. The molecule has 0 aromatic heterocycles. The molecule has 0 spiro atoms. The van der Waals surface area contributed by atoms with E-state index >= 15 is 0 Å². The summed E-state index contributed by atoms with van der Waals surface area (Å²) >= 11 is 23.6. The van der Waals surface area contributed by atoms with Gasteiger partial charge in [0.25, 0.3) is 5.91 Å². The molecule has 0 saturated heterocycles. The molecule has 0 radical (unpaired) electrons. The second kappa shape index (κ2) is 10.4. The number of halogens is 3. The first kappa shape index (κ1) is 24.1. The molecule has 0 aliphatic heterocycles. The minimum atomic E-state index is -1.89. The van der Waals surface area contributed by atoms with E-state index in [0.29, 0.717) is 16.9 Å². The van der Waals surface area contributed by atoms with Gasteiger partial charge in [-0.3, -0.25) is 9.59 Å². The molecule has 0 bridgehead atoms. The molecular weight excluding hydrogens is 491 g/mol. The number of hydrogen-bond acceptors (Lipinski definition) is 3. The fraction of sp³-hybridized carbons (Fsp3) is 0.136. The zero-order valence-corrected chi connectivity index (χ0v) is 19.9. The Hall–Kier alpha value is -2.58. The van der Waals surface area contributed by atoms with E-state index in [2.05, 4.69) is 21.3 Å². The number of benzene rings is 3. The average molecular weight is 510 g/mol. The molecule has 166 valence electrons. The lowest BCUT2D eigenvalue weighted by Crippen LogP contribution is -2.56. The van der Waals surface area contributed by atoms with Crippen molar-refractivity contribution in [1.29, 1.82) is 0 Å². The summed E-state index contributed by atoms with van der Waals surface area (Å²) in [6, 6.07) is 19.7. The molecule has 6 nitrogen and oxygen atoms in total. The number of rotatable bonds is 5. The number of nitrogens with one attached hydrogen (secondary N) is 4. The van der Waals surface area contributed by atoms with Crippen LogP contribution >= 0.6 is 47.0 Å². The van der Waals surface area contributed by atoms with Gasteiger partial charge in [-0.05, 0) is 53.3 Å². The Morgan fingerprint density at radius 3 is 2.06 bits per heavy atom. The van der Waals surface area contributed by atoms with Crippen LogP contribution in [-0.4, -0.2) is 26.9 Å². The van der Waals surface area contributed by atoms with Gasteiger partial charge >= 0.3 is 0 Å². The van der Waals surface area contributed by atoms with Crippen LogP contribution in [0.1, 0.15) is 17.3 Å². The summed E-state index contributed by atoms with van der Waals surface area (Å²) in [5.74, 6) is -0.594. The van der Waals surface area contributed by atoms with Crippen LogP contribution in [0.4, 0.5) is 11.4 Å². The standard InChI is InChI=1S/C22H19Cl3N4O2S/c1-13(30)26-15-9-11-16(12-10-15)27-21(32)29-20(22(23,24)25)28-19(31)18-8-4-6-14-5-2-3-7-17(14)18/h2-12,20H,1H3,(H,26,30)(H,28,31)(H2,27,29,32). The smallest absolute Gasteiger partial charge is 0.253 e. The van der Waals surface area contributed by atoms with Crippen LogP contribution in [0.2, 0.25) is 0 Å². The highest BCUT2D eigenvalue weighted by Crippen LogP contribution is 2.30. The molecule has 0 fully saturated rings. The molecule has 3 aromatic carbocycles. The maximum absolute atomic E-state index is 13.0. The monoisotopic (exact) mass is 508 g/mol. The average Bonchev–Trinajstić information content (AvgIpc) is 2.73. The normalized spacial score (nSPS) is 12.0. The van der Waals surface area contributed by atoms with Gasteiger partial charge in [-0.25, -0.2) is 0 Å². The van der Waals surface area contributed by atoms with Crippen molar-refractivity contribution in [2.75, 3.05) is 10.6 Å². The number of thiocarbonyl (C=S) groups is 1. The summed E-state index contributed by atoms with van der Waals surface area (Å²) in [6.07, 6.45) is -1.11. The number of alkyl halides is 3. The summed E-state index contributed by atoms with van der Waals surface area (Å²) in [5.41, 5.74) is 1.72. The molecule has 0 heterocycles. The molecule has 10 heteroatoms. The summed E-state index contributed by atoms with van der Waals surface area (Å²) < 4.78 is -1.89. The summed E-state index contributed by atoms with van der Waals surface area (Å²) in [6.45, 7) is 1.43. The highest BCUT2D eigenvalue weighted by molar-refractivity contribution is 7.80. The van der Waals surface area contributed by atoms with E-state index in [1.165, 1.54) is 6.92 Å². The minimum Gasteiger partial charge on any atom is -0.339 e. The van der Waals surface area contributed by atoms with Crippen molar-refractivity contribution in [2.45, 2.75) is 16.9 Å². The van der Waals surface area contributed by atoms with Crippen LogP contribution in [0.25, 0.3) is 10.8 Å². The Balaban J connectivity index is 1.70. The van der Waals surface area contributed by atoms with Gasteiger partial charge in [0, 0.05) is 23.9 Å². The zero-order valence-electron chi connectivity index (χ0n) is 16.8. The number of fused-ring (bicyclic) bond motifs is 1. The third kappa shape index (κ3) is 6.46. The van der Waals surface area contributed by atoms with E-state index in [1.54, 1.807) is 36.4 Å². The predicted molar refractivity (Wildman–Crippen MR) is 136 cm³/mol. The Morgan fingerprint density at radius 2 is 1.44 bits per heavy atom. The van der Waals surface area contributed by atoms with Gasteiger partial charge < -0.3 is 21.3 Å². The van der Waals surface area contributed by atoms with Crippen LogP contribution in [0, 0.1) is 0 Å². The van der Waals surface area contributed by atoms with E-state index in [-0.39, 0.29) is 11.0 Å². The van der Waals surface area contributed by atoms with Crippen molar-refractivity contribution in [3.8, 4) is 0 Å². The van der Waals surface area contributed by atoms with Gasteiger partial charge in [0.05, 0.1) is 0 Å². The number of carbonyl (C=O) groups excluding carboxylic acids is 2. The summed E-state index contributed by atoms with van der Waals surface area (Å²) in [7, 11) is 0. The van der Waals surface area contributed by atoms with Gasteiger partial charge in [-0.2, -0.15) is 0 Å². The fourth-order valence-corrected chi connectivity index (χ4v) is 3.53. The first-order chi connectivity index (χ1) is 15.1. The van der Waals surface area contributed by atoms with Crippen LogP contribution in [0.3, 0.4) is 0 Å². The molecule has 1 atom stereocenters. The molecule has 0 saturated carbocycles. The van der Waals surface area contributed by atoms with Crippen molar-refractivity contribution in [3.05, 3.63) is 72.3 Å². The number of anilines is 2. The highest BCUT2D eigenvalue weighted by Gasteiger charge is 2.35. The Morgan fingerprint density at radius 1 is 0.844 bits per heavy atom. The topological polar surface area (TPSA) is 82.3 Å². The number of carbonyl (C=O) groups is 2. The van der Waals surface area contributed by atoms with Crippen molar-refractivity contribution in [1.82, 2.24) is 10.6 Å². The van der Waals surface area contributed by atoms with Crippen molar-refractivity contribution in [3.63, 3.8) is 0 Å². The molecule has 3 rings (SSSR count). The molecule has 4 N–H and O–H groups in total. The Labute approximate surface area is 205 Å². The van der Waals surface area contributed by atoms with Gasteiger partial charge in [-0.15, -0.1) is 0 Å². The Kier molecular flexibility index (Phi) is 7.79. The second-order valence-corrected chi connectivity index (χ2v) is 9.61. The molecule has 3 aromatic rings. The van der Waals surface area contributed by atoms with Gasteiger partial charge in [0.1, 0.15) is 6.17 Å². The molecular formula is C22H19Cl3N4O2S. The van der Waals surface area contributed by atoms with E-state index in [1.807, 2.05) is 30.3 Å². The fourth-order valence-electron chi connectivity index (χ4n) is 2.97. The molecule has 32 heavy (non-hydrogen) atoms.